The van der Waals surface area contributed by atoms with E-state index in [0.29, 0.717) is 0 Å². The van der Waals surface area contributed by atoms with Crippen LogP contribution in [0.3, 0.4) is 0 Å². The van der Waals surface area contributed by atoms with Crippen LogP contribution in [0.1, 0.15) is 0 Å². The fourth-order valence-electron chi connectivity index (χ4n) is 5.36. The number of para-hydroxylation sites is 2. The van der Waals surface area contributed by atoms with Crippen LogP contribution < -0.4 is 10.1 Å². The highest BCUT2D eigenvalue weighted by molar-refractivity contribution is 5.88. The van der Waals surface area contributed by atoms with Gasteiger partial charge < -0.3 is 10.1 Å². The fourth-order valence-corrected chi connectivity index (χ4v) is 5.36. The number of ether oxygens (including phenoxy) is 1. The molecule has 218 valence electrons. The predicted octanol–water partition coefficient (Wildman–Crippen LogP) is 11.8. The molecule has 0 aliphatic carbocycles. The molecule has 0 aliphatic rings. The molecule has 45 heavy (non-hydrogen) atoms. The Balaban J connectivity index is 0.000000535. The lowest BCUT2D eigenvalue weighted by Gasteiger charge is -2.15. The van der Waals surface area contributed by atoms with Crippen LogP contribution in [0.5, 0.6) is 5.75 Å². The molecule has 0 aliphatic heterocycles. The smallest absolute Gasteiger partial charge is 0.126 e. The summed E-state index contributed by atoms with van der Waals surface area (Å²) >= 11 is 0. The monoisotopic (exact) mass is 581 g/mol. The van der Waals surface area contributed by atoms with E-state index in [0.717, 1.165) is 28.3 Å². The van der Waals surface area contributed by atoms with Gasteiger partial charge in [0.15, 0.2) is 0 Å². The van der Waals surface area contributed by atoms with Crippen molar-refractivity contribution < 1.29 is 4.74 Å². The van der Waals surface area contributed by atoms with Crippen LogP contribution >= 0.6 is 0 Å². The van der Waals surface area contributed by atoms with Gasteiger partial charge in [-0.1, -0.05) is 152 Å². The van der Waals surface area contributed by atoms with E-state index >= 15 is 0 Å². The van der Waals surface area contributed by atoms with Crippen LogP contribution in [0.25, 0.3) is 44.5 Å². The van der Waals surface area contributed by atoms with Crippen LogP contribution in [0.4, 0.5) is 11.4 Å². The molecular formula is C43H35NO. The molecule has 0 radical (unpaired) electrons. The van der Waals surface area contributed by atoms with Gasteiger partial charge in [-0.05, 0) is 75.3 Å². The Kier molecular flexibility index (Phi) is 9.45. The zero-order chi connectivity index (χ0) is 30.7. The first-order valence-corrected chi connectivity index (χ1v) is 15.1. The summed E-state index contributed by atoms with van der Waals surface area (Å²) in [4.78, 5) is 0. The number of benzene rings is 7. The van der Waals surface area contributed by atoms with Gasteiger partial charge in [-0.15, -0.1) is 0 Å². The summed E-state index contributed by atoms with van der Waals surface area (Å²) in [7, 11) is 1.72. The van der Waals surface area contributed by atoms with Crippen LogP contribution in [0, 0.1) is 0 Å². The Bertz CT molecular complexity index is 1890. The first kappa shape index (κ1) is 29.2. The number of methoxy groups -OCH3 is 1. The molecule has 0 unspecified atom stereocenters. The molecule has 2 heteroatoms. The molecule has 2 nitrogen and oxygen atoms in total. The van der Waals surface area contributed by atoms with E-state index in [9.17, 15) is 0 Å². The van der Waals surface area contributed by atoms with Gasteiger partial charge in [0.25, 0.3) is 0 Å². The molecule has 7 rings (SSSR count). The van der Waals surface area contributed by atoms with Crippen molar-refractivity contribution in [3.63, 3.8) is 0 Å². The molecule has 0 saturated heterocycles. The largest absolute Gasteiger partial charge is 0.496 e. The summed E-state index contributed by atoms with van der Waals surface area (Å²) < 4.78 is 5.65. The van der Waals surface area contributed by atoms with Gasteiger partial charge in [-0.2, -0.15) is 0 Å². The summed E-state index contributed by atoms with van der Waals surface area (Å²) in [5.74, 6) is 0.874. The van der Waals surface area contributed by atoms with Crippen LogP contribution in [0.2, 0.25) is 0 Å². The van der Waals surface area contributed by atoms with Crippen molar-refractivity contribution in [2.24, 2.45) is 0 Å². The SMILES string of the molecule is COc1ccccc1-c1ccc(-c2ccc(-c3ccc(Nc4ccccc4)cc3)cc2)c(-c2ccccc2)c1.c1ccccc1. The van der Waals surface area contributed by atoms with Crippen molar-refractivity contribution in [2.75, 3.05) is 12.4 Å². The number of hydrogen-bond acceptors (Lipinski definition) is 2. The van der Waals surface area contributed by atoms with E-state index in [4.69, 9.17) is 4.74 Å². The zero-order valence-corrected chi connectivity index (χ0v) is 25.3. The third-order valence-electron chi connectivity index (χ3n) is 7.67. The highest BCUT2D eigenvalue weighted by atomic mass is 16.5. The average Bonchev–Trinajstić information content (AvgIpc) is 3.13. The van der Waals surface area contributed by atoms with Gasteiger partial charge in [0, 0.05) is 16.9 Å². The normalized spacial score (nSPS) is 10.3. The summed E-state index contributed by atoms with van der Waals surface area (Å²) in [6.45, 7) is 0. The minimum atomic E-state index is 0.874. The molecule has 0 bridgehead atoms. The van der Waals surface area contributed by atoms with Gasteiger partial charge in [0.2, 0.25) is 0 Å². The maximum Gasteiger partial charge on any atom is 0.126 e. The van der Waals surface area contributed by atoms with Gasteiger partial charge in [-0.3, -0.25) is 0 Å². The quantitative estimate of drug-likeness (QED) is 0.202. The first-order chi connectivity index (χ1) is 22.3. The Labute approximate surface area is 266 Å². The highest BCUT2D eigenvalue weighted by Crippen LogP contribution is 2.38. The van der Waals surface area contributed by atoms with Gasteiger partial charge in [0.05, 0.1) is 7.11 Å². The maximum atomic E-state index is 5.65. The van der Waals surface area contributed by atoms with E-state index in [-0.39, 0.29) is 0 Å². The van der Waals surface area contributed by atoms with Crippen molar-refractivity contribution in [1.29, 1.82) is 0 Å². The van der Waals surface area contributed by atoms with Crippen molar-refractivity contribution in [2.45, 2.75) is 0 Å². The van der Waals surface area contributed by atoms with Crippen LogP contribution in [-0.2, 0) is 0 Å². The number of rotatable bonds is 7. The van der Waals surface area contributed by atoms with E-state index in [2.05, 4.69) is 127 Å². The lowest BCUT2D eigenvalue weighted by molar-refractivity contribution is 0.416. The third-order valence-corrected chi connectivity index (χ3v) is 7.67. The van der Waals surface area contributed by atoms with Crippen molar-refractivity contribution in [3.8, 4) is 50.3 Å². The van der Waals surface area contributed by atoms with E-state index in [1.54, 1.807) is 7.11 Å². The number of nitrogens with one attached hydrogen (secondary N) is 1. The summed E-state index contributed by atoms with van der Waals surface area (Å²) in [6.07, 6.45) is 0. The van der Waals surface area contributed by atoms with Crippen LogP contribution in [-0.4, -0.2) is 7.11 Å². The van der Waals surface area contributed by atoms with Gasteiger partial charge >= 0.3 is 0 Å². The van der Waals surface area contributed by atoms with Crippen molar-refractivity contribution in [3.05, 3.63) is 188 Å². The predicted molar refractivity (Wildman–Crippen MR) is 191 cm³/mol. The summed E-state index contributed by atoms with van der Waals surface area (Å²) in [6, 6.07) is 65.1. The Morgan fingerprint density at radius 2 is 0.778 bits per heavy atom. The minimum absolute atomic E-state index is 0.874. The highest BCUT2D eigenvalue weighted by Gasteiger charge is 2.12. The lowest BCUT2D eigenvalue weighted by atomic mass is 9.90. The van der Waals surface area contributed by atoms with Crippen LogP contribution in [0.15, 0.2) is 188 Å². The minimum Gasteiger partial charge on any atom is -0.496 e. The summed E-state index contributed by atoms with van der Waals surface area (Å²) in [5.41, 5.74) is 11.5. The average molecular weight is 582 g/mol. The Morgan fingerprint density at radius 1 is 0.333 bits per heavy atom. The Hall–Kier alpha value is -5.86. The number of anilines is 2. The molecule has 0 aromatic heterocycles. The number of hydrogen-bond donors (Lipinski definition) is 1. The fraction of sp³-hybridized carbons (Fsp3) is 0.0233. The standard InChI is InChI=1S/C37H29NO.C6H6/c1-39-37-15-9-8-14-35(37)31-22-25-34(36(26-31)29-10-4-2-5-11-29)30-18-16-27(17-19-30)28-20-23-33(24-21-28)38-32-12-6-3-7-13-32;1-2-4-6-5-3-1/h2-26,38H,1H3;1-6H. The second kappa shape index (κ2) is 14.5. The molecule has 0 spiro atoms. The maximum absolute atomic E-state index is 5.65. The van der Waals surface area contributed by atoms with Gasteiger partial charge in [-0.25, -0.2) is 0 Å². The topological polar surface area (TPSA) is 21.3 Å². The third kappa shape index (κ3) is 7.38. The molecule has 0 amide bonds. The molecule has 0 heterocycles. The molecule has 1 N–H and O–H groups in total. The first-order valence-electron chi connectivity index (χ1n) is 15.1. The molecule has 7 aromatic rings. The molecular weight excluding hydrogens is 546 g/mol. The van der Waals surface area contributed by atoms with E-state index < -0.39 is 0 Å². The van der Waals surface area contributed by atoms with Crippen molar-refractivity contribution in [1.82, 2.24) is 0 Å². The second-order valence-electron chi connectivity index (χ2n) is 10.6. The van der Waals surface area contributed by atoms with E-state index in [1.165, 1.54) is 33.4 Å². The lowest BCUT2D eigenvalue weighted by Crippen LogP contribution is -1.91. The second-order valence-corrected chi connectivity index (χ2v) is 10.6. The molecule has 0 saturated carbocycles. The molecule has 0 fully saturated rings. The van der Waals surface area contributed by atoms with Gasteiger partial charge in [0.1, 0.15) is 5.75 Å². The Morgan fingerprint density at radius 3 is 1.40 bits per heavy atom. The molecule has 7 aromatic carbocycles. The summed E-state index contributed by atoms with van der Waals surface area (Å²) in [5, 5.41) is 3.45. The zero-order valence-electron chi connectivity index (χ0n) is 25.3. The van der Waals surface area contributed by atoms with Crippen molar-refractivity contribution >= 4 is 11.4 Å². The van der Waals surface area contributed by atoms with E-state index in [1.807, 2.05) is 66.7 Å². The molecule has 0 atom stereocenters.